The highest BCUT2D eigenvalue weighted by Gasteiger charge is 2.22. The smallest absolute Gasteiger partial charge is 0.0641 e. The second kappa shape index (κ2) is 15.1. The van der Waals surface area contributed by atoms with Gasteiger partial charge in [-0.2, -0.15) is 0 Å². The van der Waals surface area contributed by atoms with Crippen molar-refractivity contribution >= 4 is 87.2 Å². The molecule has 0 N–H and O–H groups in total. The Morgan fingerprint density at radius 2 is 0.543 bits per heavy atom. The zero-order valence-electron chi connectivity index (χ0n) is 38.0. The van der Waals surface area contributed by atoms with E-state index in [1.54, 1.807) is 0 Å². The van der Waals surface area contributed by atoms with Gasteiger partial charge in [-0.05, 0) is 125 Å². The van der Waals surface area contributed by atoms with Crippen molar-refractivity contribution in [3.05, 3.63) is 255 Å². The topological polar surface area (TPSA) is 19.7 Å². The third-order valence-electron chi connectivity index (χ3n) is 14.7. The molecule has 0 spiro atoms. The van der Waals surface area contributed by atoms with Crippen LogP contribution in [-0.4, -0.2) is 18.3 Å². The largest absolute Gasteiger partial charge is 0.309 e. The fourth-order valence-electron chi connectivity index (χ4n) is 11.7. The summed E-state index contributed by atoms with van der Waals surface area (Å²) in [5.74, 6) is 0. The van der Waals surface area contributed by atoms with Crippen molar-refractivity contribution in [1.29, 1.82) is 0 Å². The van der Waals surface area contributed by atoms with Crippen LogP contribution in [0.25, 0.3) is 132 Å². The minimum atomic E-state index is 1.13. The molecule has 11 aromatic carbocycles. The number of nitrogens with zero attached hydrogens (tertiary/aromatic N) is 4. The van der Waals surface area contributed by atoms with E-state index in [4.69, 9.17) is 0 Å². The van der Waals surface area contributed by atoms with Crippen LogP contribution in [0.3, 0.4) is 0 Å². The van der Waals surface area contributed by atoms with Gasteiger partial charge >= 0.3 is 0 Å². The zero-order chi connectivity index (χ0) is 45.9. The molecule has 0 saturated heterocycles. The molecule has 0 aliphatic carbocycles. The summed E-state index contributed by atoms with van der Waals surface area (Å²) in [5, 5.41) is 9.93. The molecule has 15 rings (SSSR count). The Balaban J connectivity index is 0.906. The summed E-state index contributed by atoms with van der Waals surface area (Å²) >= 11 is 0. The molecular formula is C66H42N4. The summed E-state index contributed by atoms with van der Waals surface area (Å²) in [6.45, 7) is 0. The van der Waals surface area contributed by atoms with Gasteiger partial charge in [-0.25, -0.2) is 0 Å². The van der Waals surface area contributed by atoms with E-state index in [1.165, 1.54) is 109 Å². The van der Waals surface area contributed by atoms with Crippen LogP contribution in [0.15, 0.2) is 255 Å². The summed E-state index contributed by atoms with van der Waals surface area (Å²) < 4.78 is 9.73. The van der Waals surface area contributed by atoms with Gasteiger partial charge in [0.1, 0.15) is 0 Å². The van der Waals surface area contributed by atoms with Crippen LogP contribution >= 0.6 is 0 Å². The standard InChI is InChI=1S/C66H42N4/c1-3-19-47(20-4-1)67-58-29-11-8-26-52(58)56-41-45(33-36-62(56)67)43-17-15-23-49(39-43)69-61-32-14-10-28-55(61)65-64(69)38-35-54-51-25-7-13-31-60(51)70(66(54)65)50-24-16-18-44(40-50)46-34-37-63-57(42-46)53-27-9-12-30-59(53)68(63)48-21-5-2-6-22-48/h1-42H. The van der Waals surface area contributed by atoms with Crippen molar-refractivity contribution in [2.45, 2.75) is 0 Å². The monoisotopic (exact) mass is 890 g/mol. The average molecular weight is 891 g/mol. The van der Waals surface area contributed by atoms with E-state index in [9.17, 15) is 0 Å². The van der Waals surface area contributed by atoms with Crippen molar-refractivity contribution < 1.29 is 0 Å². The fraction of sp³-hybridized carbons (Fsp3) is 0. The number of benzene rings is 11. The number of para-hydroxylation sites is 6. The summed E-state index contributed by atoms with van der Waals surface area (Å²) in [5.41, 5.74) is 18.9. The average Bonchev–Trinajstić information content (AvgIpc) is 4.16. The van der Waals surface area contributed by atoms with E-state index in [2.05, 4.69) is 273 Å². The number of hydrogen-bond acceptors (Lipinski definition) is 0. The fourth-order valence-corrected chi connectivity index (χ4v) is 11.7. The van der Waals surface area contributed by atoms with Gasteiger partial charge in [-0.15, -0.1) is 0 Å². The number of fused-ring (bicyclic) bond motifs is 13. The van der Waals surface area contributed by atoms with Gasteiger partial charge in [-0.1, -0.05) is 152 Å². The van der Waals surface area contributed by atoms with Crippen LogP contribution < -0.4 is 0 Å². The van der Waals surface area contributed by atoms with Gasteiger partial charge in [0.2, 0.25) is 0 Å². The lowest BCUT2D eigenvalue weighted by Gasteiger charge is -2.13. The Morgan fingerprint density at radius 3 is 1.07 bits per heavy atom. The van der Waals surface area contributed by atoms with Crippen LogP contribution in [0.1, 0.15) is 0 Å². The van der Waals surface area contributed by atoms with Gasteiger partial charge < -0.3 is 18.3 Å². The third kappa shape index (κ3) is 5.65. The highest BCUT2D eigenvalue weighted by atomic mass is 15.0. The molecule has 0 fully saturated rings. The van der Waals surface area contributed by atoms with Gasteiger partial charge in [-0.3, -0.25) is 0 Å². The highest BCUT2D eigenvalue weighted by molar-refractivity contribution is 6.26. The first kappa shape index (κ1) is 38.7. The maximum Gasteiger partial charge on any atom is 0.0641 e. The molecule has 15 aromatic rings. The zero-order valence-corrected chi connectivity index (χ0v) is 38.0. The molecule has 0 radical (unpaired) electrons. The summed E-state index contributed by atoms with van der Waals surface area (Å²) in [4.78, 5) is 0. The minimum absolute atomic E-state index is 1.13. The van der Waals surface area contributed by atoms with E-state index < -0.39 is 0 Å². The summed E-state index contributed by atoms with van der Waals surface area (Å²) in [7, 11) is 0. The molecule has 0 amide bonds. The van der Waals surface area contributed by atoms with Crippen LogP contribution in [0.2, 0.25) is 0 Å². The first-order valence-corrected chi connectivity index (χ1v) is 24.1. The number of hydrogen-bond donors (Lipinski definition) is 0. The molecule has 4 nitrogen and oxygen atoms in total. The third-order valence-corrected chi connectivity index (χ3v) is 14.7. The predicted molar refractivity (Wildman–Crippen MR) is 295 cm³/mol. The van der Waals surface area contributed by atoms with E-state index in [1.807, 2.05) is 0 Å². The van der Waals surface area contributed by atoms with Crippen LogP contribution in [0.4, 0.5) is 0 Å². The highest BCUT2D eigenvalue weighted by Crippen LogP contribution is 2.44. The molecule has 0 atom stereocenters. The van der Waals surface area contributed by atoms with Crippen molar-refractivity contribution in [3.8, 4) is 45.0 Å². The molecule has 4 heteroatoms. The Morgan fingerprint density at radius 1 is 0.186 bits per heavy atom. The lowest BCUT2D eigenvalue weighted by Crippen LogP contribution is -1.96. The second-order valence-electron chi connectivity index (χ2n) is 18.5. The Kier molecular flexibility index (Phi) is 8.33. The lowest BCUT2D eigenvalue weighted by molar-refractivity contribution is 1.17. The lowest BCUT2D eigenvalue weighted by atomic mass is 10.0. The Hall–Kier alpha value is -9.38. The molecule has 0 saturated carbocycles. The Bertz CT molecular complexity index is 4580. The van der Waals surface area contributed by atoms with E-state index in [0.717, 1.165) is 22.7 Å². The SMILES string of the molecule is c1ccc(-n2c3ccccc3c3cc(-c4cccc(-n5c6ccccc6c6c5ccc5c7ccccc7n(-c7cccc(-c8ccc9c(c8)c8ccccc8n9-c8ccccc8)c7)c56)c4)ccc32)cc1. The van der Waals surface area contributed by atoms with E-state index in [0.29, 0.717) is 0 Å². The molecule has 4 aromatic heterocycles. The molecule has 0 aliphatic rings. The van der Waals surface area contributed by atoms with Gasteiger partial charge in [0.05, 0.1) is 44.1 Å². The normalized spacial score (nSPS) is 12.0. The van der Waals surface area contributed by atoms with Crippen molar-refractivity contribution in [2.75, 3.05) is 0 Å². The van der Waals surface area contributed by atoms with Crippen molar-refractivity contribution in [1.82, 2.24) is 18.3 Å². The van der Waals surface area contributed by atoms with Gasteiger partial charge in [0.25, 0.3) is 0 Å². The van der Waals surface area contributed by atoms with E-state index in [-0.39, 0.29) is 0 Å². The minimum Gasteiger partial charge on any atom is -0.309 e. The molecule has 4 heterocycles. The van der Waals surface area contributed by atoms with Crippen LogP contribution in [-0.2, 0) is 0 Å². The number of aromatic nitrogens is 4. The second-order valence-corrected chi connectivity index (χ2v) is 18.5. The maximum atomic E-state index is 2.50. The van der Waals surface area contributed by atoms with Gasteiger partial charge in [0, 0.05) is 65.8 Å². The summed E-state index contributed by atoms with van der Waals surface area (Å²) in [6.07, 6.45) is 0. The number of rotatable bonds is 6. The molecular weight excluding hydrogens is 849 g/mol. The Labute approximate surface area is 403 Å². The van der Waals surface area contributed by atoms with Crippen LogP contribution in [0, 0.1) is 0 Å². The van der Waals surface area contributed by atoms with Crippen LogP contribution in [0.5, 0.6) is 0 Å². The van der Waals surface area contributed by atoms with E-state index >= 15 is 0 Å². The quantitative estimate of drug-likeness (QED) is 0.158. The van der Waals surface area contributed by atoms with Gasteiger partial charge in [0.15, 0.2) is 0 Å². The molecule has 0 aliphatic heterocycles. The van der Waals surface area contributed by atoms with Crippen molar-refractivity contribution in [3.63, 3.8) is 0 Å². The first-order valence-electron chi connectivity index (χ1n) is 24.1. The molecule has 70 heavy (non-hydrogen) atoms. The van der Waals surface area contributed by atoms with Crippen molar-refractivity contribution in [2.24, 2.45) is 0 Å². The molecule has 326 valence electrons. The first-order chi connectivity index (χ1) is 34.7. The molecule has 0 unspecified atom stereocenters. The predicted octanol–water partition coefficient (Wildman–Crippen LogP) is 17.4. The maximum absolute atomic E-state index is 2.50. The summed E-state index contributed by atoms with van der Waals surface area (Å²) in [6, 6.07) is 93.4. The molecule has 0 bridgehead atoms.